The van der Waals surface area contributed by atoms with Crippen LogP contribution in [0.3, 0.4) is 0 Å². The maximum absolute atomic E-state index is 13.1. The highest BCUT2D eigenvalue weighted by Crippen LogP contribution is 2.24. The van der Waals surface area contributed by atoms with E-state index in [2.05, 4.69) is 16.0 Å². The number of carbonyl (C=O) groups excluding carboxylic acids is 4. The molecule has 36 heavy (non-hydrogen) atoms. The number of nitrogens with zero attached hydrogens (tertiary/aromatic N) is 1. The van der Waals surface area contributed by atoms with E-state index in [9.17, 15) is 19.2 Å². The van der Waals surface area contributed by atoms with E-state index in [1.54, 1.807) is 38.4 Å². The molecule has 0 spiro atoms. The Balaban J connectivity index is 1.60. The highest BCUT2D eigenvalue weighted by Gasteiger charge is 2.18. The van der Waals surface area contributed by atoms with Gasteiger partial charge in [-0.3, -0.25) is 19.2 Å². The van der Waals surface area contributed by atoms with E-state index in [1.807, 2.05) is 49.4 Å². The van der Waals surface area contributed by atoms with Crippen molar-refractivity contribution in [2.45, 2.75) is 19.5 Å². The van der Waals surface area contributed by atoms with Gasteiger partial charge in [-0.25, -0.2) is 0 Å². The van der Waals surface area contributed by atoms with E-state index in [1.165, 1.54) is 17.1 Å². The molecule has 1 atom stereocenters. The molecular formula is C28H30N4O4. The van der Waals surface area contributed by atoms with Crippen LogP contribution in [-0.2, 0) is 20.9 Å². The quantitative estimate of drug-likeness (QED) is 0.336. The van der Waals surface area contributed by atoms with Gasteiger partial charge in [0.2, 0.25) is 5.91 Å². The average molecular weight is 487 g/mol. The third-order valence-corrected chi connectivity index (χ3v) is 5.63. The van der Waals surface area contributed by atoms with Crippen molar-refractivity contribution in [3.63, 3.8) is 0 Å². The van der Waals surface area contributed by atoms with Crippen molar-refractivity contribution < 1.29 is 19.2 Å². The Morgan fingerprint density at radius 1 is 0.861 bits per heavy atom. The number of amides is 4. The summed E-state index contributed by atoms with van der Waals surface area (Å²) < 4.78 is 0. The zero-order valence-corrected chi connectivity index (χ0v) is 20.6. The van der Waals surface area contributed by atoms with E-state index in [0.29, 0.717) is 11.1 Å². The van der Waals surface area contributed by atoms with Crippen LogP contribution in [0.25, 0.3) is 10.8 Å². The van der Waals surface area contributed by atoms with Gasteiger partial charge in [-0.1, -0.05) is 66.7 Å². The molecule has 0 saturated carbocycles. The van der Waals surface area contributed by atoms with Gasteiger partial charge in [0, 0.05) is 38.8 Å². The van der Waals surface area contributed by atoms with Gasteiger partial charge in [0.1, 0.15) is 0 Å². The largest absolute Gasteiger partial charge is 0.345 e. The zero-order chi connectivity index (χ0) is 26.1. The highest BCUT2D eigenvalue weighted by atomic mass is 16.2. The summed E-state index contributed by atoms with van der Waals surface area (Å²) in [5.74, 6) is -2.16. The molecule has 0 aliphatic heterocycles. The molecule has 0 aliphatic rings. The minimum atomic E-state index is -0.832. The van der Waals surface area contributed by atoms with Gasteiger partial charge in [-0.2, -0.15) is 0 Å². The number of carbonyl (C=O) groups is 4. The molecule has 186 valence electrons. The predicted molar refractivity (Wildman–Crippen MR) is 139 cm³/mol. The second kappa shape index (κ2) is 12.3. The first-order valence-corrected chi connectivity index (χ1v) is 11.6. The summed E-state index contributed by atoms with van der Waals surface area (Å²) in [4.78, 5) is 50.2. The first-order chi connectivity index (χ1) is 17.3. The Morgan fingerprint density at radius 3 is 2.31 bits per heavy atom. The minimum Gasteiger partial charge on any atom is -0.345 e. The fourth-order valence-electron chi connectivity index (χ4n) is 3.67. The summed E-state index contributed by atoms with van der Waals surface area (Å²) in [5, 5.41) is 10.2. The van der Waals surface area contributed by atoms with E-state index in [-0.39, 0.29) is 30.9 Å². The molecule has 0 saturated heterocycles. The molecule has 0 aromatic heterocycles. The molecule has 0 unspecified atom stereocenters. The molecule has 0 bridgehead atoms. The Morgan fingerprint density at radius 2 is 1.53 bits per heavy atom. The van der Waals surface area contributed by atoms with E-state index >= 15 is 0 Å². The smallest absolute Gasteiger partial charge is 0.309 e. The van der Waals surface area contributed by atoms with Gasteiger partial charge < -0.3 is 20.9 Å². The lowest BCUT2D eigenvalue weighted by molar-refractivity contribution is -0.139. The molecule has 3 N–H and O–H groups in total. The summed E-state index contributed by atoms with van der Waals surface area (Å²) in [6.45, 7) is 1.97. The Hall–Kier alpha value is -4.46. The number of likely N-dealkylation sites (N-methyl/N-ethyl adjacent to an activating group) is 1. The predicted octanol–water partition coefficient (Wildman–Crippen LogP) is 2.71. The molecule has 0 heterocycles. The number of hydrogen-bond acceptors (Lipinski definition) is 4. The van der Waals surface area contributed by atoms with Crippen LogP contribution >= 0.6 is 0 Å². The number of benzene rings is 3. The molecule has 8 nitrogen and oxygen atoms in total. The van der Waals surface area contributed by atoms with E-state index in [4.69, 9.17) is 0 Å². The number of rotatable bonds is 8. The van der Waals surface area contributed by atoms with Crippen molar-refractivity contribution in [2.24, 2.45) is 0 Å². The Labute approximate surface area is 210 Å². The van der Waals surface area contributed by atoms with Crippen LogP contribution in [-0.4, -0.2) is 49.2 Å². The first kappa shape index (κ1) is 26.2. The van der Waals surface area contributed by atoms with Gasteiger partial charge in [-0.05, 0) is 34.9 Å². The van der Waals surface area contributed by atoms with Crippen LogP contribution in [0.2, 0.25) is 0 Å². The van der Waals surface area contributed by atoms with Gasteiger partial charge in [-0.15, -0.1) is 0 Å². The minimum absolute atomic E-state index is 0.00739. The maximum Gasteiger partial charge on any atom is 0.309 e. The lowest BCUT2D eigenvalue weighted by Crippen LogP contribution is -2.40. The monoisotopic (exact) mass is 486 g/mol. The van der Waals surface area contributed by atoms with Crippen molar-refractivity contribution in [3.05, 3.63) is 95.6 Å². The van der Waals surface area contributed by atoms with Crippen molar-refractivity contribution in [1.29, 1.82) is 0 Å². The van der Waals surface area contributed by atoms with Crippen LogP contribution in [0.4, 0.5) is 0 Å². The second-order valence-electron chi connectivity index (χ2n) is 8.45. The molecule has 3 aromatic rings. The highest BCUT2D eigenvalue weighted by molar-refractivity contribution is 6.35. The van der Waals surface area contributed by atoms with Gasteiger partial charge in [0.15, 0.2) is 0 Å². The summed E-state index contributed by atoms with van der Waals surface area (Å²) in [6, 6.07) is 20.6. The first-order valence-electron chi connectivity index (χ1n) is 11.6. The van der Waals surface area contributed by atoms with E-state index < -0.39 is 11.8 Å². The topological polar surface area (TPSA) is 108 Å². The van der Waals surface area contributed by atoms with Crippen LogP contribution < -0.4 is 16.0 Å². The molecule has 4 amide bonds. The number of hydrogen-bond donors (Lipinski definition) is 3. The van der Waals surface area contributed by atoms with Crippen molar-refractivity contribution in [1.82, 2.24) is 20.9 Å². The summed E-state index contributed by atoms with van der Waals surface area (Å²) in [6.07, 6.45) is 2.77. The summed E-state index contributed by atoms with van der Waals surface area (Å²) in [7, 11) is 3.22. The van der Waals surface area contributed by atoms with Crippen molar-refractivity contribution in [3.8, 4) is 0 Å². The molecule has 0 aliphatic carbocycles. The molecule has 3 aromatic carbocycles. The zero-order valence-electron chi connectivity index (χ0n) is 20.6. The van der Waals surface area contributed by atoms with E-state index in [0.717, 1.165) is 16.3 Å². The third-order valence-electron chi connectivity index (χ3n) is 5.63. The Bertz CT molecular complexity index is 1290. The SMILES string of the molecule is C[C@@H](NC(=O)c1ccccc1CNC(=O)C(=O)NC/C=C/C(=O)N(C)C)c1cccc2ccccc12. The van der Waals surface area contributed by atoms with Gasteiger partial charge >= 0.3 is 11.8 Å². The fraction of sp³-hybridized carbons (Fsp3) is 0.214. The molecular weight excluding hydrogens is 456 g/mol. The maximum atomic E-state index is 13.1. The number of nitrogens with one attached hydrogen (secondary N) is 3. The molecule has 8 heteroatoms. The van der Waals surface area contributed by atoms with Crippen LogP contribution in [0.5, 0.6) is 0 Å². The van der Waals surface area contributed by atoms with Crippen molar-refractivity contribution in [2.75, 3.05) is 20.6 Å². The van der Waals surface area contributed by atoms with Crippen LogP contribution in [0, 0.1) is 0 Å². The fourth-order valence-corrected chi connectivity index (χ4v) is 3.67. The lowest BCUT2D eigenvalue weighted by atomic mass is 9.99. The Kier molecular flexibility index (Phi) is 8.94. The summed E-state index contributed by atoms with van der Waals surface area (Å²) >= 11 is 0. The number of fused-ring (bicyclic) bond motifs is 1. The van der Waals surface area contributed by atoms with Gasteiger partial charge in [0.05, 0.1) is 6.04 Å². The standard InChI is InChI=1S/C28H30N4O4/c1-19(22-15-8-12-20-10-4-6-13-23(20)22)31-26(34)24-14-7-5-11-21(24)18-30-28(36)27(35)29-17-9-16-25(33)32(2)3/h4-16,19H,17-18H2,1-3H3,(H,29,35)(H,30,36)(H,31,34)/b16-9+/t19-/m1/s1. The average Bonchev–Trinajstić information content (AvgIpc) is 2.89. The normalized spacial score (nSPS) is 11.6. The molecule has 0 fully saturated rings. The lowest BCUT2D eigenvalue weighted by Gasteiger charge is -2.18. The van der Waals surface area contributed by atoms with Crippen LogP contribution in [0.15, 0.2) is 78.9 Å². The van der Waals surface area contributed by atoms with Gasteiger partial charge in [0.25, 0.3) is 5.91 Å². The summed E-state index contributed by atoms with van der Waals surface area (Å²) in [5.41, 5.74) is 2.00. The third kappa shape index (κ3) is 6.79. The van der Waals surface area contributed by atoms with Crippen molar-refractivity contribution >= 4 is 34.4 Å². The second-order valence-corrected chi connectivity index (χ2v) is 8.45. The van der Waals surface area contributed by atoms with Crippen LogP contribution in [0.1, 0.15) is 34.5 Å². The molecule has 0 radical (unpaired) electrons. The molecule has 3 rings (SSSR count).